The Kier molecular flexibility index (Phi) is 3.44. The molecular formula is C4H3Cl5O2. The molecule has 0 aromatic rings. The molecule has 0 bridgehead atoms. The van der Waals surface area contributed by atoms with Crippen LogP contribution in [0.25, 0.3) is 0 Å². The lowest BCUT2D eigenvalue weighted by atomic mass is 10.7. The topological polar surface area (TPSA) is 18.5 Å². The van der Waals surface area contributed by atoms with Gasteiger partial charge in [0, 0.05) is 0 Å². The molecule has 1 rings (SSSR count). The number of hydrogen-bond acceptors (Lipinski definition) is 2. The lowest BCUT2D eigenvalue weighted by molar-refractivity contribution is -0.0466. The van der Waals surface area contributed by atoms with E-state index in [-0.39, 0.29) is 0 Å². The summed E-state index contributed by atoms with van der Waals surface area (Å²) in [5, 5.41) is 0. The fourth-order valence-electron chi connectivity index (χ4n) is 0.546. The average Bonchev–Trinajstić information content (AvgIpc) is 2.11. The second-order valence-corrected chi connectivity index (χ2v) is 5.08. The van der Waals surface area contributed by atoms with Gasteiger partial charge in [0.05, 0.1) is 0 Å². The van der Waals surface area contributed by atoms with Crippen molar-refractivity contribution in [3.05, 3.63) is 0 Å². The van der Waals surface area contributed by atoms with Crippen molar-refractivity contribution in [1.29, 1.82) is 0 Å². The number of hydrogen-bond donors (Lipinski definition) is 0. The zero-order valence-corrected chi connectivity index (χ0v) is 8.72. The van der Waals surface area contributed by atoms with Crippen LogP contribution in [-0.2, 0) is 9.47 Å². The average molecular weight is 260 g/mol. The third kappa shape index (κ3) is 2.66. The van der Waals surface area contributed by atoms with E-state index < -0.39 is 21.2 Å². The molecule has 7 heteroatoms. The van der Waals surface area contributed by atoms with E-state index in [4.69, 9.17) is 67.5 Å². The monoisotopic (exact) mass is 258 g/mol. The van der Waals surface area contributed by atoms with Gasteiger partial charge in [-0.25, -0.2) is 0 Å². The highest BCUT2D eigenvalue weighted by Crippen LogP contribution is 2.39. The molecule has 0 radical (unpaired) electrons. The van der Waals surface area contributed by atoms with E-state index in [1.165, 1.54) is 0 Å². The van der Waals surface area contributed by atoms with Crippen molar-refractivity contribution in [3.63, 3.8) is 0 Å². The molecule has 2 nitrogen and oxygen atoms in total. The Hall–Kier alpha value is 1.37. The largest absolute Gasteiger partial charge is 0.325 e. The molecule has 1 aliphatic heterocycles. The van der Waals surface area contributed by atoms with E-state index in [9.17, 15) is 0 Å². The van der Waals surface area contributed by atoms with Gasteiger partial charge in [0.25, 0.3) is 0 Å². The summed E-state index contributed by atoms with van der Waals surface area (Å²) in [7, 11) is 0. The molecule has 0 amide bonds. The van der Waals surface area contributed by atoms with Gasteiger partial charge < -0.3 is 9.47 Å². The van der Waals surface area contributed by atoms with Gasteiger partial charge in [-0.15, -0.1) is 0 Å². The van der Waals surface area contributed by atoms with E-state index >= 15 is 0 Å². The Balaban J connectivity index is 2.54. The van der Waals surface area contributed by atoms with Crippen LogP contribution in [-0.4, -0.2) is 21.2 Å². The Morgan fingerprint density at radius 1 is 0.909 bits per heavy atom. The number of ether oxygens (including phenoxy) is 2. The predicted octanol–water partition coefficient (Wildman–Crippen LogP) is 2.86. The highest BCUT2D eigenvalue weighted by molar-refractivity contribution is 6.68. The number of halogens is 5. The van der Waals surface area contributed by atoms with Gasteiger partial charge in [-0.2, -0.15) is 0 Å². The molecule has 2 atom stereocenters. The van der Waals surface area contributed by atoms with Gasteiger partial charge in [-0.1, -0.05) is 58.0 Å². The summed E-state index contributed by atoms with van der Waals surface area (Å²) in [5.41, 5.74) is -1.56. The molecule has 0 spiro atoms. The van der Waals surface area contributed by atoms with Crippen LogP contribution in [0.4, 0.5) is 0 Å². The normalized spacial score (nSPS) is 39.5. The zero-order valence-electron chi connectivity index (χ0n) is 4.94. The molecule has 11 heavy (non-hydrogen) atoms. The summed E-state index contributed by atoms with van der Waals surface area (Å²) in [6, 6.07) is 0. The van der Waals surface area contributed by atoms with Crippen molar-refractivity contribution in [2.45, 2.75) is 21.2 Å². The van der Waals surface area contributed by atoms with E-state index in [0.29, 0.717) is 0 Å². The Morgan fingerprint density at radius 3 is 1.45 bits per heavy atom. The van der Waals surface area contributed by atoms with Crippen molar-refractivity contribution >= 4 is 58.0 Å². The molecule has 1 heterocycles. The van der Waals surface area contributed by atoms with Crippen LogP contribution in [0.2, 0.25) is 0 Å². The minimum absolute atomic E-state index is 0.780. The molecule has 0 aromatic carbocycles. The highest BCUT2D eigenvalue weighted by atomic mass is 35.6. The van der Waals surface area contributed by atoms with Crippen LogP contribution < -0.4 is 0 Å². The summed E-state index contributed by atoms with van der Waals surface area (Å²) in [6.07, 6.45) is -1.00. The molecule has 1 fully saturated rings. The maximum Gasteiger partial charge on any atom is 0.241 e. The minimum atomic E-state index is -1.66. The molecule has 2 unspecified atom stereocenters. The summed E-state index contributed by atoms with van der Waals surface area (Å²) in [5.74, 6) is 0. The summed E-state index contributed by atoms with van der Waals surface area (Å²) >= 11 is 27.3. The van der Waals surface area contributed by atoms with Gasteiger partial charge in [0.2, 0.25) is 10.1 Å². The lowest BCUT2D eigenvalue weighted by Crippen LogP contribution is -2.26. The maximum atomic E-state index is 5.51. The quantitative estimate of drug-likeness (QED) is 0.624. The molecule has 1 aliphatic rings. The second-order valence-electron chi connectivity index (χ2n) is 1.85. The maximum absolute atomic E-state index is 5.51. The smallest absolute Gasteiger partial charge is 0.241 e. The van der Waals surface area contributed by atoms with E-state index in [2.05, 4.69) is 0 Å². The molecule has 1 saturated heterocycles. The third-order valence-electron chi connectivity index (χ3n) is 0.981. The third-order valence-corrected chi connectivity index (χ3v) is 2.31. The van der Waals surface area contributed by atoms with Crippen LogP contribution in [0.1, 0.15) is 0 Å². The van der Waals surface area contributed by atoms with Gasteiger partial charge >= 0.3 is 0 Å². The summed E-state index contributed by atoms with van der Waals surface area (Å²) in [4.78, 5) is 0. The molecule has 0 N–H and O–H groups in total. The fourth-order valence-corrected chi connectivity index (χ4v) is 1.16. The Labute approximate surface area is 88.6 Å². The SMILES string of the molecule is ClC1OC(C(Cl)(Cl)Cl)OC1Cl. The lowest BCUT2D eigenvalue weighted by Gasteiger charge is -2.16. The predicted molar refractivity (Wildman–Crippen MR) is 45.5 cm³/mol. The first-order valence-corrected chi connectivity index (χ1v) is 4.57. The standard InChI is InChI=1S/C4H3Cl5O2/c5-1-2(6)11-3(10-1)4(7,8)9/h1-3H. The van der Waals surface area contributed by atoms with Crippen LogP contribution in [0.15, 0.2) is 0 Å². The van der Waals surface area contributed by atoms with Crippen molar-refractivity contribution in [2.75, 3.05) is 0 Å². The van der Waals surface area contributed by atoms with Crippen molar-refractivity contribution in [1.82, 2.24) is 0 Å². The van der Waals surface area contributed by atoms with Gasteiger partial charge in [0.15, 0.2) is 11.1 Å². The molecule has 0 aliphatic carbocycles. The summed E-state index contributed by atoms with van der Waals surface area (Å²) in [6.45, 7) is 0. The van der Waals surface area contributed by atoms with E-state index in [0.717, 1.165) is 0 Å². The zero-order chi connectivity index (χ0) is 8.65. The van der Waals surface area contributed by atoms with Crippen LogP contribution in [0, 0.1) is 0 Å². The summed E-state index contributed by atoms with van der Waals surface area (Å²) < 4.78 is 8.05. The minimum Gasteiger partial charge on any atom is -0.325 e. The van der Waals surface area contributed by atoms with Crippen molar-refractivity contribution in [2.24, 2.45) is 0 Å². The molecule has 66 valence electrons. The number of alkyl halides is 5. The Morgan fingerprint density at radius 2 is 1.27 bits per heavy atom. The first-order chi connectivity index (χ1) is 4.91. The van der Waals surface area contributed by atoms with E-state index in [1.807, 2.05) is 0 Å². The number of rotatable bonds is 0. The van der Waals surface area contributed by atoms with Crippen LogP contribution in [0.5, 0.6) is 0 Å². The Bertz CT molecular complexity index is 136. The van der Waals surface area contributed by atoms with Gasteiger partial charge in [-0.3, -0.25) is 0 Å². The molecular weight excluding hydrogens is 257 g/mol. The molecule has 0 saturated carbocycles. The van der Waals surface area contributed by atoms with E-state index in [1.54, 1.807) is 0 Å². The first-order valence-electron chi connectivity index (χ1n) is 2.57. The van der Waals surface area contributed by atoms with Crippen molar-refractivity contribution < 1.29 is 9.47 Å². The van der Waals surface area contributed by atoms with Crippen LogP contribution in [0.3, 0.4) is 0 Å². The molecule has 0 aromatic heterocycles. The van der Waals surface area contributed by atoms with Gasteiger partial charge in [0.1, 0.15) is 0 Å². The highest BCUT2D eigenvalue weighted by Gasteiger charge is 2.45. The van der Waals surface area contributed by atoms with Crippen molar-refractivity contribution in [3.8, 4) is 0 Å². The first kappa shape index (κ1) is 10.5. The van der Waals surface area contributed by atoms with Crippen LogP contribution >= 0.6 is 58.0 Å². The second kappa shape index (κ2) is 3.62. The van der Waals surface area contributed by atoms with Gasteiger partial charge in [-0.05, 0) is 0 Å². The fraction of sp³-hybridized carbons (Fsp3) is 1.00.